The van der Waals surface area contributed by atoms with Crippen LogP contribution in [0, 0.1) is 5.92 Å². The van der Waals surface area contributed by atoms with Gasteiger partial charge < -0.3 is 20.2 Å². The second-order valence-corrected chi connectivity index (χ2v) is 6.01. The molecule has 1 aromatic carbocycles. The lowest BCUT2D eigenvalue weighted by atomic mass is 9.97. The standard InChI is InChI=1S/C15H19N3O2/c1-15(16,9-3-4-9)14-17-10-7-12-13(8-11(10)18-14)20-6-2-5-19-12/h7-9H,2-6,16H2,1H3,(H,17,18). The Morgan fingerprint density at radius 3 is 2.65 bits per heavy atom. The topological polar surface area (TPSA) is 73.2 Å². The molecular formula is C15H19N3O2. The van der Waals surface area contributed by atoms with Crippen LogP contribution >= 0.6 is 0 Å². The van der Waals surface area contributed by atoms with E-state index >= 15 is 0 Å². The molecule has 5 heteroatoms. The van der Waals surface area contributed by atoms with Gasteiger partial charge in [-0.05, 0) is 25.7 Å². The first-order valence-corrected chi connectivity index (χ1v) is 7.23. The van der Waals surface area contributed by atoms with Gasteiger partial charge in [-0.1, -0.05) is 0 Å². The fourth-order valence-corrected chi connectivity index (χ4v) is 2.80. The number of aromatic nitrogens is 2. The molecule has 2 aliphatic rings. The first-order chi connectivity index (χ1) is 9.64. The Morgan fingerprint density at radius 1 is 1.25 bits per heavy atom. The summed E-state index contributed by atoms with van der Waals surface area (Å²) in [6, 6.07) is 3.91. The third-order valence-electron chi connectivity index (χ3n) is 4.29. The van der Waals surface area contributed by atoms with Gasteiger partial charge in [-0.15, -0.1) is 0 Å². The molecule has 1 atom stereocenters. The van der Waals surface area contributed by atoms with Crippen LogP contribution in [0.3, 0.4) is 0 Å². The number of nitrogens with zero attached hydrogens (tertiary/aromatic N) is 1. The zero-order valence-electron chi connectivity index (χ0n) is 11.6. The lowest BCUT2D eigenvalue weighted by Crippen LogP contribution is -2.36. The summed E-state index contributed by atoms with van der Waals surface area (Å²) in [7, 11) is 0. The summed E-state index contributed by atoms with van der Waals surface area (Å²) < 4.78 is 11.4. The van der Waals surface area contributed by atoms with E-state index in [9.17, 15) is 0 Å². The molecule has 0 spiro atoms. The minimum absolute atomic E-state index is 0.377. The number of fused-ring (bicyclic) bond motifs is 2. The number of hydrogen-bond acceptors (Lipinski definition) is 4. The maximum Gasteiger partial charge on any atom is 0.163 e. The number of benzene rings is 1. The molecule has 106 valence electrons. The first-order valence-electron chi connectivity index (χ1n) is 7.23. The molecule has 1 fully saturated rings. The molecule has 1 aliphatic carbocycles. The molecule has 1 aromatic heterocycles. The molecule has 0 bridgehead atoms. The van der Waals surface area contributed by atoms with Gasteiger partial charge in [0.05, 0.1) is 29.8 Å². The number of aromatic amines is 1. The van der Waals surface area contributed by atoms with Crippen LogP contribution in [-0.4, -0.2) is 23.2 Å². The van der Waals surface area contributed by atoms with Crippen molar-refractivity contribution in [1.29, 1.82) is 0 Å². The molecule has 20 heavy (non-hydrogen) atoms. The Labute approximate surface area is 117 Å². The van der Waals surface area contributed by atoms with Gasteiger partial charge >= 0.3 is 0 Å². The summed E-state index contributed by atoms with van der Waals surface area (Å²) in [6.07, 6.45) is 3.28. The molecule has 2 aromatic rings. The zero-order valence-corrected chi connectivity index (χ0v) is 11.6. The highest BCUT2D eigenvalue weighted by Gasteiger charge is 2.41. The van der Waals surface area contributed by atoms with Gasteiger partial charge in [0.25, 0.3) is 0 Å². The Morgan fingerprint density at radius 2 is 1.95 bits per heavy atom. The number of H-pyrrole nitrogens is 1. The fraction of sp³-hybridized carbons (Fsp3) is 0.533. The van der Waals surface area contributed by atoms with Crippen LogP contribution in [-0.2, 0) is 5.54 Å². The summed E-state index contributed by atoms with van der Waals surface area (Å²) in [5.41, 5.74) is 7.90. The highest BCUT2D eigenvalue weighted by Crippen LogP contribution is 2.43. The van der Waals surface area contributed by atoms with Crippen molar-refractivity contribution in [2.75, 3.05) is 13.2 Å². The average Bonchev–Trinajstić information content (AvgIpc) is 3.21. The second kappa shape index (κ2) is 4.12. The Hall–Kier alpha value is -1.75. The van der Waals surface area contributed by atoms with E-state index in [-0.39, 0.29) is 5.54 Å². The lowest BCUT2D eigenvalue weighted by Gasteiger charge is -2.21. The van der Waals surface area contributed by atoms with Gasteiger partial charge in [-0.2, -0.15) is 0 Å². The summed E-state index contributed by atoms with van der Waals surface area (Å²) in [4.78, 5) is 8.02. The van der Waals surface area contributed by atoms with Crippen LogP contribution in [0.1, 0.15) is 32.0 Å². The van der Waals surface area contributed by atoms with Crippen LogP contribution in [0.4, 0.5) is 0 Å². The van der Waals surface area contributed by atoms with Crippen molar-refractivity contribution in [2.45, 2.75) is 31.7 Å². The number of ether oxygens (including phenoxy) is 2. The Bertz CT molecular complexity index is 615. The third-order valence-corrected chi connectivity index (χ3v) is 4.29. The average molecular weight is 273 g/mol. The smallest absolute Gasteiger partial charge is 0.163 e. The summed E-state index contributed by atoms with van der Waals surface area (Å²) in [5.74, 6) is 2.96. The number of imidazole rings is 1. The van der Waals surface area contributed by atoms with Crippen molar-refractivity contribution in [3.05, 3.63) is 18.0 Å². The predicted molar refractivity (Wildman–Crippen MR) is 76.0 cm³/mol. The van der Waals surface area contributed by atoms with E-state index in [0.29, 0.717) is 19.1 Å². The number of nitrogens with two attached hydrogens (primary N) is 1. The lowest BCUT2D eigenvalue weighted by molar-refractivity contribution is 0.297. The van der Waals surface area contributed by atoms with Crippen LogP contribution in [0.2, 0.25) is 0 Å². The number of hydrogen-bond donors (Lipinski definition) is 2. The second-order valence-electron chi connectivity index (χ2n) is 6.01. The van der Waals surface area contributed by atoms with Gasteiger partial charge in [-0.25, -0.2) is 4.98 Å². The van der Waals surface area contributed by atoms with E-state index in [1.54, 1.807) is 0 Å². The number of nitrogens with one attached hydrogen (secondary N) is 1. The van der Waals surface area contributed by atoms with E-state index in [0.717, 1.165) is 34.8 Å². The number of rotatable bonds is 2. The SMILES string of the molecule is CC(N)(c1nc2cc3c(cc2[nH]1)OCCCO3)C1CC1. The van der Waals surface area contributed by atoms with Gasteiger partial charge in [0.1, 0.15) is 5.82 Å². The van der Waals surface area contributed by atoms with Crippen molar-refractivity contribution < 1.29 is 9.47 Å². The van der Waals surface area contributed by atoms with Crippen molar-refractivity contribution in [2.24, 2.45) is 11.7 Å². The molecule has 5 nitrogen and oxygen atoms in total. The first kappa shape index (κ1) is 12.0. The van der Waals surface area contributed by atoms with Crippen LogP contribution < -0.4 is 15.2 Å². The van der Waals surface area contributed by atoms with Gasteiger partial charge in [-0.3, -0.25) is 0 Å². The molecule has 0 saturated heterocycles. The van der Waals surface area contributed by atoms with E-state index in [1.165, 1.54) is 12.8 Å². The zero-order chi connectivity index (χ0) is 13.7. The van der Waals surface area contributed by atoms with E-state index in [4.69, 9.17) is 15.2 Å². The molecule has 1 aliphatic heterocycles. The summed E-state index contributed by atoms with van der Waals surface area (Å²) >= 11 is 0. The van der Waals surface area contributed by atoms with Crippen LogP contribution in [0.5, 0.6) is 11.5 Å². The quantitative estimate of drug-likeness (QED) is 0.880. The van der Waals surface area contributed by atoms with Crippen molar-refractivity contribution in [3.8, 4) is 11.5 Å². The highest BCUT2D eigenvalue weighted by atomic mass is 16.5. The minimum atomic E-state index is -0.377. The Kier molecular flexibility index (Phi) is 2.48. The summed E-state index contributed by atoms with van der Waals surface area (Å²) in [6.45, 7) is 3.43. The van der Waals surface area contributed by atoms with E-state index in [2.05, 4.69) is 16.9 Å². The molecule has 1 saturated carbocycles. The normalized spacial score (nSPS) is 21.5. The molecular weight excluding hydrogens is 254 g/mol. The van der Waals surface area contributed by atoms with Crippen molar-refractivity contribution in [3.63, 3.8) is 0 Å². The van der Waals surface area contributed by atoms with Gasteiger partial charge in [0, 0.05) is 18.6 Å². The molecule has 3 N–H and O–H groups in total. The van der Waals surface area contributed by atoms with Crippen molar-refractivity contribution >= 4 is 11.0 Å². The summed E-state index contributed by atoms with van der Waals surface area (Å²) in [5, 5.41) is 0. The van der Waals surface area contributed by atoms with E-state index in [1.807, 2.05) is 12.1 Å². The van der Waals surface area contributed by atoms with Crippen LogP contribution in [0.25, 0.3) is 11.0 Å². The largest absolute Gasteiger partial charge is 0.489 e. The Balaban J connectivity index is 1.79. The maximum atomic E-state index is 6.43. The molecule has 0 amide bonds. The van der Waals surface area contributed by atoms with Gasteiger partial charge in [0.15, 0.2) is 11.5 Å². The molecule has 4 rings (SSSR count). The van der Waals surface area contributed by atoms with E-state index < -0.39 is 0 Å². The highest BCUT2D eigenvalue weighted by molar-refractivity contribution is 5.80. The molecule has 1 unspecified atom stereocenters. The maximum absolute atomic E-state index is 6.43. The predicted octanol–water partition coefficient (Wildman–Crippen LogP) is 2.31. The minimum Gasteiger partial charge on any atom is -0.489 e. The van der Waals surface area contributed by atoms with Gasteiger partial charge in [0.2, 0.25) is 0 Å². The third kappa shape index (κ3) is 1.85. The monoisotopic (exact) mass is 273 g/mol. The molecule has 2 heterocycles. The van der Waals surface area contributed by atoms with Crippen molar-refractivity contribution in [1.82, 2.24) is 9.97 Å². The van der Waals surface area contributed by atoms with Crippen LogP contribution in [0.15, 0.2) is 12.1 Å². The molecule has 0 radical (unpaired) electrons. The fourth-order valence-electron chi connectivity index (χ4n) is 2.80.